The number of aromatic nitrogens is 1. The first-order valence-corrected chi connectivity index (χ1v) is 6.09. The fourth-order valence-corrected chi connectivity index (χ4v) is 2.06. The molecule has 0 atom stereocenters. The van der Waals surface area contributed by atoms with Gasteiger partial charge in [0.2, 0.25) is 0 Å². The molecule has 1 heterocycles. The molecule has 0 aliphatic heterocycles. The fourth-order valence-electron chi connectivity index (χ4n) is 1.60. The van der Waals surface area contributed by atoms with E-state index in [1.807, 2.05) is 18.2 Å². The Morgan fingerprint density at radius 2 is 2.07 bits per heavy atom. The van der Waals surface area contributed by atoms with E-state index in [-0.39, 0.29) is 6.42 Å². The highest BCUT2D eigenvalue weighted by atomic mass is 32.3. The summed E-state index contributed by atoms with van der Waals surface area (Å²) >= 11 is 0. The van der Waals surface area contributed by atoms with E-state index in [0.717, 1.165) is 16.5 Å². The van der Waals surface area contributed by atoms with Gasteiger partial charge in [0.25, 0.3) is 0 Å². The lowest BCUT2D eigenvalue weighted by atomic mass is 10.1. The van der Waals surface area contributed by atoms with Crippen molar-refractivity contribution in [1.29, 1.82) is 0 Å². The Kier molecular flexibility index (Phi) is 2.48. The number of H-pyrrole nitrogens is 1. The molecular weight excluding hydrogens is 217 g/mol. The zero-order valence-corrected chi connectivity index (χ0v) is 8.72. The van der Waals surface area contributed by atoms with Gasteiger partial charge < -0.3 is 4.98 Å². The van der Waals surface area contributed by atoms with Gasteiger partial charge in [-0.05, 0) is 24.1 Å². The van der Waals surface area contributed by atoms with Crippen LogP contribution in [-0.2, 0) is 16.6 Å². The average Bonchev–Trinajstić information content (AvgIpc) is 2.61. The van der Waals surface area contributed by atoms with E-state index in [4.69, 9.17) is 0 Å². The molecule has 2 rings (SSSR count). The number of aryl methyl sites for hydroxylation is 1. The van der Waals surface area contributed by atoms with Gasteiger partial charge in [0, 0.05) is 17.1 Å². The predicted octanol–water partition coefficient (Wildman–Crippen LogP) is 2.01. The van der Waals surface area contributed by atoms with Crippen LogP contribution in [0.2, 0.25) is 0 Å². The molecule has 0 spiro atoms. The number of halogens is 1. The minimum Gasteiger partial charge on any atom is -0.361 e. The first-order valence-electron chi connectivity index (χ1n) is 4.53. The Morgan fingerprint density at radius 3 is 2.80 bits per heavy atom. The molecule has 0 saturated carbocycles. The number of fused-ring (bicyclic) bond motifs is 1. The summed E-state index contributed by atoms with van der Waals surface area (Å²) in [7, 11) is -4.38. The van der Waals surface area contributed by atoms with E-state index in [2.05, 4.69) is 4.98 Å². The van der Waals surface area contributed by atoms with Crippen molar-refractivity contribution in [3.63, 3.8) is 0 Å². The summed E-state index contributed by atoms with van der Waals surface area (Å²) in [5.41, 5.74) is 1.78. The quantitative estimate of drug-likeness (QED) is 0.815. The molecule has 1 aromatic heterocycles. The number of nitrogens with one attached hydrogen (secondary N) is 1. The summed E-state index contributed by atoms with van der Waals surface area (Å²) in [5.74, 6) is -0.461. The highest BCUT2D eigenvalue weighted by Gasteiger charge is 2.09. The van der Waals surface area contributed by atoms with Crippen molar-refractivity contribution >= 4 is 21.1 Å². The second-order valence-electron chi connectivity index (χ2n) is 3.35. The minimum absolute atomic E-state index is 0.202. The third-order valence-electron chi connectivity index (χ3n) is 2.30. The van der Waals surface area contributed by atoms with E-state index in [0.29, 0.717) is 0 Å². The van der Waals surface area contributed by atoms with Crippen LogP contribution in [0.4, 0.5) is 3.89 Å². The topological polar surface area (TPSA) is 49.9 Å². The van der Waals surface area contributed by atoms with Crippen LogP contribution >= 0.6 is 0 Å². The zero-order chi connectivity index (χ0) is 10.9. The molecule has 0 aliphatic carbocycles. The van der Waals surface area contributed by atoms with Crippen molar-refractivity contribution in [1.82, 2.24) is 4.98 Å². The molecule has 2 aromatic rings. The van der Waals surface area contributed by atoms with Crippen molar-refractivity contribution in [3.05, 3.63) is 36.0 Å². The fraction of sp³-hybridized carbons (Fsp3) is 0.200. The zero-order valence-electron chi connectivity index (χ0n) is 7.90. The molecule has 0 bridgehead atoms. The van der Waals surface area contributed by atoms with E-state index in [1.54, 1.807) is 12.3 Å². The lowest BCUT2D eigenvalue weighted by molar-refractivity contribution is 0.551. The van der Waals surface area contributed by atoms with Gasteiger partial charge in [0.05, 0.1) is 5.75 Å². The van der Waals surface area contributed by atoms with Crippen LogP contribution in [-0.4, -0.2) is 19.2 Å². The van der Waals surface area contributed by atoms with Crippen molar-refractivity contribution < 1.29 is 12.3 Å². The molecule has 3 nitrogen and oxygen atoms in total. The Labute approximate surface area is 87.1 Å². The van der Waals surface area contributed by atoms with Gasteiger partial charge in [-0.25, -0.2) is 0 Å². The summed E-state index contributed by atoms with van der Waals surface area (Å²) in [6.07, 6.45) is 1.98. The van der Waals surface area contributed by atoms with Gasteiger partial charge in [-0.3, -0.25) is 0 Å². The molecule has 0 aliphatic rings. The van der Waals surface area contributed by atoms with Gasteiger partial charge in [-0.2, -0.15) is 8.42 Å². The molecule has 0 fully saturated rings. The van der Waals surface area contributed by atoms with Crippen LogP contribution in [0, 0.1) is 0 Å². The second-order valence-corrected chi connectivity index (χ2v) is 4.83. The summed E-state index contributed by atoms with van der Waals surface area (Å²) in [6, 6.07) is 7.37. The molecule has 1 N–H and O–H groups in total. The van der Waals surface area contributed by atoms with Crippen LogP contribution < -0.4 is 0 Å². The van der Waals surface area contributed by atoms with Crippen LogP contribution in [0.1, 0.15) is 5.56 Å². The minimum atomic E-state index is -4.38. The lowest BCUT2D eigenvalue weighted by Crippen LogP contribution is -2.02. The monoisotopic (exact) mass is 227 g/mol. The Morgan fingerprint density at radius 1 is 1.27 bits per heavy atom. The maximum Gasteiger partial charge on any atom is 0.302 e. The largest absolute Gasteiger partial charge is 0.361 e. The molecule has 80 valence electrons. The van der Waals surface area contributed by atoms with E-state index >= 15 is 0 Å². The van der Waals surface area contributed by atoms with Crippen LogP contribution in [0.15, 0.2) is 30.5 Å². The number of rotatable bonds is 3. The standard InChI is InChI=1S/C10H10FNO2S/c11-15(13,14)7-5-8-2-1-3-10-9(8)4-6-12-10/h1-4,6,12H,5,7H2. The first-order chi connectivity index (χ1) is 7.06. The van der Waals surface area contributed by atoms with Crippen molar-refractivity contribution in [3.8, 4) is 0 Å². The maximum atomic E-state index is 12.4. The number of hydrogen-bond donors (Lipinski definition) is 1. The van der Waals surface area contributed by atoms with Crippen molar-refractivity contribution in [2.45, 2.75) is 6.42 Å². The lowest BCUT2D eigenvalue weighted by Gasteiger charge is -2.00. The SMILES string of the molecule is O=S(=O)(F)CCc1cccc2[nH]ccc12. The van der Waals surface area contributed by atoms with Gasteiger partial charge in [0.15, 0.2) is 0 Å². The third kappa shape index (κ3) is 2.36. The number of hydrogen-bond acceptors (Lipinski definition) is 2. The number of aromatic amines is 1. The van der Waals surface area contributed by atoms with Crippen LogP contribution in [0.3, 0.4) is 0 Å². The summed E-state index contributed by atoms with van der Waals surface area (Å²) in [4.78, 5) is 3.01. The van der Waals surface area contributed by atoms with Gasteiger partial charge in [-0.15, -0.1) is 3.89 Å². The summed E-state index contributed by atoms with van der Waals surface area (Å²) in [5, 5.41) is 0.946. The maximum absolute atomic E-state index is 12.4. The van der Waals surface area contributed by atoms with E-state index < -0.39 is 16.0 Å². The highest BCUT2D eigenvalue weighted by Crippen LogP contribution is 2.18. The molecule has 5 heteroatoms. The Bertz CT molecular complexity index is 574. The Hall–Kier alpha value is -1.36. The number of benzene rings is 1. The molecular formula is C10H10FNO2S. The molecule has 1 aromatic carbocycles. The normalized spacial score (nSPS) is 12.1. The van der Waals surface area contributed by atoms with Gasteiger partial charge >= 0.3 is 10.2 Å². The van der Waals surface area contributed by atoms with E-state index in [1.165, 1.54) is 0 Å². The summed E-state index contributed by atoms with van der Waals surface area (Å²) in [6.45, 7) is 0. The molecule has 0 unspecified atom stereocenters. The predicted molar refractivity (Wildman–Crippen MR) is 56.9 cm³/mol. The van der Waals surface area contributed by atoms with Gasteiger partial charge in [-0.1, -0.05) is 12.1 Å². The smallest absolute Gasteiger partial charge is 0.302 e. The molecule has 0 amide bonds. The average molecular weight is 227 g/mol. The molecule has 15 heavy (non-hydrogen) atoms. The molecule has 0 saturated heterocycles. The van der Waals surface area contributed by atoms with Crippen LogP contribution in [0.25, 0.3) is 10.9 Å². The Balaban J connectivity index is 2.32. The van der Waals surface area contributed by atoms with Crippen molar-refractivity contribution in [2.75, 3.05) is 5.75 Å². The highest BCUT2D eigenvalue weighted by molar-refractivity contribution is 7.86. The summed E-state index contributed by atoms with van der Waals surface area (Å²) < 4.78 is 33.2. The van der Waals surface area contributed by atoms with Crippen molar-refractivity contribution in [2.24, 2.45) is 0 Å². The second kappa shape index (κ2) is 3.66. The van der Waals surface area contributed by atoms with E-state index in [9.17, 15) is 12.3 Å². The van der Waals surface area contributed by atoms with Gasteiger partial charge in [0.1, 0.15) is 0 Å². The first kappa shape index (κ1) is 10.2. The van der Waals surface area contributed by atoms with Crippen LogP contribution in [0.5, 0.6) is 0 Å². The molecule has 0 radical (unpaired) electrons. The third-order valence-corrected chi connectivity index (χ3v) is 2.99.